The molecule has 1 fully saturated rings. The highest BCUT2D eigenvalue weighted by atomic mass is 79.9. The van der Waals surface area contributed by atoms with Gasteiger partial charge in [-0.25, -0.2) is 9.97 Å². The van der Waals surface area contributed by atoms with Crippen molar-refractivity contribution in [2.24, 2.45) is 0 Å². The Labute approximate surface area is 135 Å². The second-order valence-electron chi connectivity index (χ2n) is 5.08. The predicted octanol–water partition coefficient (Wildman–Crippen LogP) is 3.28. The molecule has 0 spiro atoms. The second-order valence-corrected chi connectivity index (χ2v) is 5.87. The quantitative estimate of drug-likeness (QED) is 0.846. The van der Waals surface area contributed by atoms with E-state index in [0.29, 0.717) is 19.8 Å². The standard InChI is InChI=1S/C15H24BrN3O2/c1-4-11-12(16)13(17-5-2)19-14(18-11)15(21-6-3)7-9-20-10-8-15/h4-10H2,1-3H3,(H,17,18,19). The zero-order valence-corrected chi connectivity index (χ0v) is 14.6. The Morgan fingerprint density at radius 1 is 1.24 bits per heavy atom. The molecule has 0 bridgehead atoms. The number of halogens is 1. The number of nitrogens with one attached hydrogen (secondary N) is 1. The van der Waals surface area contributed by atoms with Crippen molar-refractivity contribution in [2.45, 2.75) is 45.6 Å². The molecule has 1 aromatic rings. The van der Waals surface area contributed by atoms with Gasteiger partial charge >= 0.3 is 0 Å². The zero-order chi connectivity index (χ0) is 15.3. The lowest BCUT2D eigenvalue weighted by Gasteiger charge is -2.35. The molecular formula is C15H24BrN3O2. The number of anilines is 1. The van der Waals surface area contributed by atoms with E-state index in [9.17, 15) is 0 Å². The van der Waals surface area contributed by atoms with Gasteiger partial charge in [0.15, 0.2) is 5.82 Å². The number of nitrogens with zero attached hydrogens (tertiary/aromatic N) is 2. The summed E-state index contributed by atoms with van der Waals surface area (Å²) in [6.45, 7) is 9.04. The molecule has 0 unspecified atom stereocenters. The topological polar surface area (TPSA) is 56.3 Å². The Morgan fingerprint density at radius 2 is 1.95 bits per heavy atom. The lowest BCUT2D eigenvalue weighted by atomic mass is 9.92. The maximum Gasteiger partial charge on any atom is 0.163 e. The molecule has 0 aromatic carbocycles. The SMILES string of the molecule is CCNc1nc(C2(OCC)CCOCC2)nc(CC)c1Br. The fourth-order valence-corrected chi connectivity index (χ4v) is 3.22. The Hall–Kier alpha value is -0.720. The van der Waals surface area contributed by atoms with Gasteiger partial charge in [-0.05, 0) is 36.2 Å². The second kappa shape index (κ2) is 7.51. The van der Waals surface area contributed by atoms with Gasteiger partial charge in [0, 0.05) is 39.2 Å². The summed E-state index contributed by atoms with van der Waals surface area (Å²) in [6, 6.07) is 0. The maximum absolute atomic E-state index is 6.08. The van der Waals surface area contributed by atoms with Gasteiger partial charge in [0.2, 0.25) is 0 Å². The monoisotopic (exact) mass is 357 g/mol. The highest BCUT2D eigenvalue weighted by Gasteiger charge is 2.39. The fraction of sp³-hybridized carbons (Fsp3) is 0.733. The molecule has 6 heteroatoms. The molecule has 21 heavy (non-hydrogen) atoms. The van der Waals surface area contributed by atoms with Crippen molar-refractivity contribution in [1.29, 1.82) is 0 Å². The summed E-state index contributed by atoms with van der Waals surface area (Å²) in [7, 11) is 0. The molecule has 1 N–H and O–H groups in total. The molecule has 1 saturated heterocycles. The third-order valence-corrected chi connectivity index (χ3v) is 4.56. The van der Waals surface area contributed by atoms with Gasteiger partial charge in [-0.2, -0.15) is 0 Å². The van der Waals surface area contributed by atoms with E-state index >= 15 is 0 Å². The summed E-state index contributed by atoms with van der Waals surface area (Å²) in [6.07, 6.45) is 2.46. The number of rotatable bonds is 6. The average molecular weight is 358 g/mol. The van der Waals surface area contributed by atoms with Crippen LogP contribution in [0.5, 0.6) is 0 Å². The van der Waals surface area contributed by atoms with Gasteiger partial charge in [0.05, 0.1) is 10.2 Å². The van der Waals surface area contributed by atoms with E-state index < -0.39 is 5.60 Å². The summed E-state index contributed by atoms with van der Waals surface area (Å²) >= 11 is 3.60. The lowest BCUT2D eigenvalue weighted by Crippen LogP contribution is -2.38. The summed E-state index contributed by atoms with van der Waals surface area (Å²) in [4.78, 5) is 9.51. The van der Waals surface area contributed by atoms with Crippen molar-refractivity contribution in [3.63, 3.8) is 0 Å². The van der Waals surface area contributed by atoms with Crippen LogP contribution < -0.4 is 5.32 Å². The van der Waals surface area contributed by atoms with Gasteiger partial charge in [0.25, 0.3) is 0 Å². The molecule has 0 radical (unpaired) electrons. The van der Waals surface area contributed by atoms with E-state index in [1.807, 2.05) is 6.92 Å². The van der Waals surface area contributed by atoms with E-state index in [1.54, 1.807) is 0 Å². The van der Waals surface area contributed by atoms with Crippen LogP contribution in [-0.4, -0.2) is 36.3 Å². The Kier molecular flexibility index (Phi) is 5.96. The van der Waals surface area contributed by atoms with Crippen LogP contribution in [0.2, 0.25) is 0 Å². The van der Waals surface area contributed by atoms with Gasteiger partial charge in [-0.15, -0.1) is 0 Å². The summed E-state index contributed by atoms with van der Waals surface area (Å²) in [5.41, 5.74) is 0.600. The van der Waals surface area contributed by atoms with E-state index in [4.69, 9.17) is 19.4 Å². The highest BCUT2D eigenvalue weighted by molar-refractivity contribution is 9.10. The van der Waals surface area contributed by atoms with Crippen LogP contribution in [-0.2, 0) is 21.5 Å². The highest BCUT2D eigenvalue weighted by Crippen LogP contribution is 2.36. The van der Waals surface area contributed by atoms with Gasteiger partial charge < -0.3 is 14.8 Å². The number of aromatic nitrogens is 2. The molecule has 1 aromatic heterocycles. The van der Waals surface area contributed by atoms with Crippen LogP contribution in [0.25, 0.3) is 0 Å². The first-order chi connectivity index (χ1) is 10.2. The molecule has 1 aliphatic heterocycles. The normalized spacial score (nSPS) is 17.7. The van der Waals surface area contributed by atoms with E-state index in [1.165, 1.54) is 0 Å². The minimum Gasteiger partial charge on any atom is -0.381 e. The molecule has 0 atom stereocenters. The van der Waals surface area contributed by atoms with Crippen molar-refractivity contribution < 1.29 is 9.47 Å². The first-order valence-electron chi connectivity index (χ1n) is 7.69. The molecular weight excluding hydrogens is 334 g/mol. The fourth-order valence-electron chi connectivity index (χ4n) is 2.63. The third-order valence-electron chi connectivity index (χ3n) is 3.73. The van der Waals surface area contributed by atoms with Crippen molar-refractivity contribution in [3.8, 4) is 0 Å². The molecule has 0 amide bonds. The largest absolute Gasteiger partial charge is 0.381 e. The van der Waals surface area contributed by atoms with Crippen molar-refractivity contribution in [2.75, 3.05) is 31.7 Å². The first kappa shape index (κ1) is 16.6. The van der Waals surface area contributed by atoms with Crippen LogP contribution in [0.3, 0.4) is 0 Å². The Bertz CT molecular complexity index is 471. The van der Waals surface area contributed by atoms with Crippen LogP contribution in [0.15, 0.2) is 4.47 Å². The molecule has 0 aliphatic carbocycles. The molecule has 5 nitrogen and oxygen atoms in total. The van der Waals surface area contributed by atoms with Crippen LogP contribution in [0, 0.1) is 0 Å². The Morgan fingerprint density at radius 3 is 2.52 bits per heavy atom. The number of hydrogen-bond acceptors (Lipinski definition) is 5. The third kappa shape index (κ3) is 3.55. The van der Waals surface area contributed by atoms with Crippen molar-refractivity contribution in [1.82, 2.24) is 9.97 Å². The van der Waals surface area contributed by atoms with Gasteiger partial charge in [0.1, 0.15) is 11.4 Å². The summed E-state index contributed by atoms with van der Waals surface area (Å²) in [5, 5.41) is 3.30. The van der Waals surface area contributed by atoms with Crippen LogP contribution in [0.4, 0.5) is 5.82 Å². The molecule has 2 heterocycles. The number of ether oxygens (including phenoxy) is 2. The summed E-state index contributed by atoms with van der Waals surface area (Å²) < 4.78 is 12.5. The van der Waals surface area contributed by atoms with Crippen LogP contribution >= 0.6 is 15.9 Å². The van der Waals surface area contributed by atoms with E-state index in [2.05, 4.69) is 35.1 Å². The number of aryl methyl sites for hydroxylation is 1. The lowest BCUT2D eigenvalue weighted by molar-refractivity contribution is -0.117. The Balaban J connectivity index is 2.46. The summed E-state index contributed by atoms with van der Waals surface area (Å²) in [5.74, 6) is 1.63. The van der Waals surface area contributed by atoms with Gasteiger partial charge in [-0.1, -0.05) is 6.92 Å². The van der Waals surface area contributed by atoms with E-state index in [0.717, 1.165) is 47.6 Å². The first-order valence-corrected chi connectivity index (χ1v) is 8.48. The molecule has 2 rings (SSSR count). The predicted molar refractivity (Wildman–Crippen MR) is 86.6 cm³/mol. The molecule has 118 valence electrons. The van der Waals surface area contributed by atoms with Gasteiger partial charge in [-0.3, -0.25) is 0 Å². The molecule has 1 aliphatic rings. The molecule has 0 saturated carbocycles. The number of hydrogen-bond donors (Lipinski definition) is 1. The smallest absolute Gasteiger partial charge is 0.163 e. The minimum atomic E-state index is -0.415. The zero-order valence-electron chi connectivity index (χ0n) is 13.0. The average Bonchev–Trinajstić information content (AvgIpc) is 2.50. The van der Waals surface area contributed by atoms with Crippen LogP contribution in [0.1, 0.15) is 45.1 Å². The maximum atomic E-state index is 6.08. The van der Waals surface area contributed by atoms with E-state index in [-0.39, 0.29) is 0 Å². The van der Waals surface area contributed by atoms with Crippen molar-refractivity contribution >= 4 is 21.7 Å². The van der Waals surface area contributed by atoms with Crippen molar-refractivity contribution in [3.05, 3.63) is 16.0 Å². The minimum absolute atomic E-state index is 0.415.